The molecule has 10 heteroatoms. The summed E-state index contributed by atoms with van der Waals surface area (Å²) in [4.78, 5) is 27.4. The first-order valence-electron chi connectivity index (χ1n) is 9.35. The zero-order valence-electron chi connectivity index (χ0n) is 16.8. The largest absolute Gasteiger partial charge is 0.495 e. The predicted octanol–water partition coefficient (Wildman–Crippen LogP) is 3.03. The molecule has 2 aromatic carbocycles. The van der Waals surface area contributed by atoms with Crippen molar-refractivity contribution in [3.63, 3.8) is 0 Å². The van der Waals surface area contributed by atoms with Crippen LogP contribution in [-0.4, -0.2) is 62.7 Å². The molecule has 0 spiro atoms. The number of halogens is 1. The van der Waals surface area contributed by atoms with E-state index in [2.05, 4.69) is 5.32 Å². The molecule has 0 radical (unpaired) electrons. The second kappa shape index (κ2) is 9.64. The number of methoxy groups -OCH3 is 2. The predicted molar refractivity (Wildman–Crippen MR) is 115 cm³/mol. The third-order valence-corrected chi connectivity index (χ3v) is 5.20. The van der Waals surface area contributed by atoms with Gasteiger partial charge in [-0.25, -0.2) is 0 Å². The van der Waals surface area contributed by atoms with Gasteiger partial charge in [-0.2, -0.15) is 0 Å². The highest BCUT2D eigenvalue weighted by molar-refractivity contribution is 6.32. The molecule has 2 aromatic rings. The minimum Gasteiger partial charge on any atom is -0.495 e. The minimum atomic E-state index is -0.372. The lowest BCUT2D eigenvalue weighted by molar-refractivity contribution is -0.384. The molecule has 1 aliphatic rings. The van der Waals surface area contributed by atoms with Crippen LogP contribution in [0.15, 0.2) is 36.4 Å². The van der Waals surface area contributed by atoms with Crippen molar-refractivity contribution >= 4 is 34.6 Å². The molecule has 1 aliphatic heterocycles. The van der Waals surface area contributed by atoms with Crippen LogP contribution in [0.25, 0.3) is 0 Å². The Kier molecular flexibility index (Phi) is 6.96. The van der Waals surface area contributed by atoms with Crippen molar-refractivity contribution in [3.05, 3.63) is 51.5 Å². The smallest absolute Gasteiger partial charge is 0.292 e. The summed E-state index contributed by atoms with van der Waals surface area (Å²) in [5.74, 6) is 0.706. The van der Waals surface area contributed by atoms with Crippen molar-refractivity contribution in [2.75, 3.05) is 57.2 Å². The highest BCUT2D eigenvalue weighted by atomic mass is 35.5. The summed E-state index contributed by atoms with van der Waals surface area (Å²) in [5, 5.41) is 14.4. The number of carbonyl (C=O) groups excluding carboxylic acids is 1. The third-order valence-electron chi connectivity index (χ3n) is 4.91. The van der Waals surface area contributed by atoms with Crippen LogP contribution < -0.4 is 19.7 Å². The molecule has 0 bridgehead atoms. The first-order valence-corrected chi connectivity index (χ1v) is 9.72. The summed E-state index contributed by atoms with van der Waals surface area (Å²) in [7, 11) is 3.00. The molecule has 1 N–H and O–H groups in total. The number of hydrogen-bond donors (Lipinski definition) is 1. The summed E-state index contributed by atoms with van der Waals surface area (Å²) < 4.78 is 10.5. The van der Waals surface area contributed by atoms with Gasteiger partial charge in [-0.3, -0.25) is 19.8 Å². The number of benzene rings is 2. The number of nitrogens with zero attached hydrogens (tertiary/aromatic N) is 3. The van der Waals surface area contributed by atoms with E-state index in [1.54, 1.807) is 30.3 Å². The summed E-state index contributed by atoms with van der Waals surface area (Å²) in [6.45, 7) is 2.60. The van der Waals surface area contributed by atoms with Crippen molar-refractivity contribution in [2.45, 2.75) is 0 Å². The van der Waals surface area contributed by atoms with E-state index in [4.69, 9.17) is 21.1 Å². The molecule has 9 nitrogen and oxygen atoms in total. The van der Waals surface area contributed by atoms with Crippen molar-refractivity contribution in [1.82, 2.24) is 4.90 Å². The Morgan fingerprint density at radius 1 is 1.13 bits per heavy atom. The monoisotopic (exact) mass is 434 g/mol. The number of ether oxygens (including phenoxy) is 2. The molecule has 1 saturated heterocycles. The number of nitro groups is 1. The highest BCUT2D eigenvalue weighted by Crippen LogP contribution is 2.36. The second-order valence-corrected chi connectivity index (χ2v) is 7.15. The lowest BCUT2D eigenvalue weighted by Crippen LogP contribution is -2.48. The average molecular weight is 435 g/mol. The van der Waals surface area contributed by atoms with E-state index in [0.29, 0.717) is 54.1 Å². The molecule has 0 aliphatic carbocycles. The van der Waals surface area contributed by atoms with Gasteiger partial charge in [-0.05, 0) is 12.1 Å². The first kappa shape index (κ1) is 21.7. The van der Waals surface area contributed by atoms with Gasteiger partial charge in [0.05, 0.1) is 36.4 Å². The van der Waals surface area contributed by atoms with Crippen LogP contribution in [0.3, 0.4) is 0 Å². The highest BCUT2D eigenvalue weighted by Gasteiger charge is 2.24. The number of rotatable bonds is 7. The number of nitrogens with one attached hydrogen (secondary N) is 1. The van der Waals surface area contributed by atoms with Gasteiger partial charge < -0.3 is 19.7 Å². The van der Waals surface area contributed by atoms with Crippen LogP contribution in [0.4, 0.5) is 17.1 Å². The normalized spacial score (nSPS) is 14.3. The van der Waals surface area contributed by atoms with E-state index in [9.17, 15) is 14.9 Å². The molecule has 160 valence electrons. The van der Waals surface area contributed by atoms with Gasteiger partial charge in [0, 0.05) is 38.3 Å². The van der Waals surface area contributed by atoms with Crippen molar-refractivity contribution in [1.29, 1.82) is 0 Å². The standard InChI is InChI=1S/C20H23ClN4O5/c1-29-18-12-19(30-2)15(11-14(18)21)22-20(26)13-23-7-9-24(10-8-23)16-5-3-4-6-17(16)25(27)28/h3-6,11-12H,7-10,13H2,1-2H3,(H,22,26). The minimum absolute atomic E-state index is 0.0900. The van der Waals surface area contributed by atoms with Crippen LogP contribution >= 0.6 is 11.6 Å². The number of anilines is 2. The molecule has 3 rings (SSSR count). The van der Waals surface area contributed by atoms with Gasteiger partial charge >= 0.3 is 0 Å². The molecule has 1 heterocycles. The maximum Gasteiger partial charge on any atom is 0.292 e. The van der Waals surface area contributed by atoms with Gasteiger partial charge in [0.15, 0.2) is 0 Å². The van der Waals surface area contributed by atoms with E-state index in [0.717, 1.165) is 0 Å². The number of piperazine rings is 1. The first-order chi connectivity index (χ1) is 14.4. The van der Waals surface area contributed by atoms with Crippen molar-refractivity contribution in [3.8, 4) is 11.5 Å². The summed E-state index contributed by atoms with van der Waals surface area (Å²) in [5.41, 5.74) is 1.16. The van der Waals surface area contributed by atoms with Crippen LogP contribution in [-0.2, 0) is 4.79 Å². The second-order valence-electron chi connectivity index (χ2n) is 6.74. The number of carbonyl (C=O) groups is 1. The Morgan fingerprint density at radius 3 is 2.43 bits per heavy atom. The van der Waals surface area contributed by atoms with Gasteiger partial charge in [0.1, 0.15) is 17.2 Å². The average Bonchev–Trinajstić information content (AvgIpc) is 2.74. The van der Waals surface area contributed by atoms with E-state index in [-0.39, 0.29) is 23.1 Å². The molecule has 0 aromatic heterocycles. The molecular weight excluding hydrogens is 412 g/mol. The summed E-state index contributed by atoms with van der Waals surface area (Å²) in [6, 6.07) is 9.90. The van der Waals surface area contributed by atoms with Crippen molar-refractivity contribution in [2.24, 2.45) is 0 Å². The Hall–Kier alpha value is -3.04. The fourth-order valence-corrected chi connectivity index (χ4v) is 3.62. The molecule has 0 saturated carbocycles. The van der Waals surface area contributed by atoms with E-state index in [1.165, 1.54) is 20.3 Å². The Morgan fingerprint density at radius 2 is 1.80 bits per heavy atom. The van der Waals surface area contributed by atoms with Crippen LogP contribution in [0.5, 0.6) is 11.5 Å². The topological polar surface area (TPSA) is 97.2 Å². The Balaban J connectivity index is 1.59. The summed E-state index contributed by atoms with van der Waals surface area (Å²) >= 11 is 6.15. The Labute approximate surface area is 179 Å². The molecule has 30 heavy (non-hydrogen) atoms. The van der Waals surface area contributed by atoms with Crippen LogP contribution in [0.2, 0.25) is 5.02 Å². The van der Waals surface area contributed by atoms with Gasteiger partial charge in [0.2, 0.25) is 5.91 Å². The van der Waals surface area contributed by atoms with E-state index in [1.807, 2.05) is 9.80 Å². The molecule has 0 unspecified atom stereocenters. The van der Waals surface area contributed by atoms with Gasteiger partial charge in [-0.1, -0.05) is 23.7 Å². The maximum absolute atomic E-state index is 12.5. The fraction of sp³-hybridized carbons (Fsp3) is 0.350. The number of amides is 1. The lowest BCUT2D eigenvalue weighted by atomic mass is 10.2. The molecule has 1 fully saturated rings. The fourth-order valence-electron chi connectivity index (χ4n) is 3.38. The third kappa shape index (κ3) is 4.92. The SMILES string of the molecule is COc1cc(OC)c(NC(=O)CN2CCN(c3ccccc3[N+](=O)[O-])CC2)cc1Cl. The molecule has 1 amide bonds. The molecular formula is C20H23ClN4O5. The van der Waals surface area contributed by atoms with Gasteiger partial charge in [0.25, 0.3) is 5.69 Å². The number of nitro benzene ring substituents is 1. The number of para-hydroxylation sites is 2. The van der Waals surface area contributed by atoms with Crippen LogP contribution in [0, 0.1) is 10.1 Å². The quantitative estimate of drug-likeness (QED) is 0.528. The van der Waals surface area contributed by atoms with Crippen molar-refractivity contribution < 1.29 is 19.2 Å². The molecule has 0 atom stereocenters. The number of hydrogen-bond acceptors (Lipinski definition) is 7. The van der Waals surface area contributed by atoms with E-state index < -0.39 is 0 Å². The maximum atomic E-state index is 12.5. The summed E-state index contributed by atoms with van der Waals surface area (Å²) in [6.07, 6.45) is 0. The van der Waals surface area contributed by atoms with E-state index >= 15 is 0 Å². The lowest BCUT2D eigenvalue weighted by Gasteiger charge is -2.35. The zero-order valence-corrected chi connectivity index (χ0v) is 17.5. The zero-order chi connectivity index (χ0) is 21.7. The van der Waals surface area contributed by atoms with Crippen LogP contribution in [0.1, 0.15) is 0 Å². The Bertz CT molecular complexity index is 931. The van der Waals surface area contributed by atoms with Gasteiger partial charge in [-0.15, -0.1) is 0 Å².